The van der Waals surface area contributed by atoms with E-state index in [4.69, 9.17) is 9.47 Å². The van der Waals surface area contributed by atoms with E-state index in [-0.39, 0.29) is 6.09 Å². The third-order valence-corrected chi connectivity index (χ3v) is 5.56. The number of nitrogens with zero attached hydrogens (tertiary/aromatic N) is 2. The van der Waals surface area contributed by atoms with E-state index in [1.54, 1.807) is 11.7 Å². The topological polar surface area (TPSA) is 51.7 Å². The summed E-state index contributed by atoms with van der Waals surface area (Å²) in [5.74, 6) is 1.57. The number of rotatable bonds is 6. The molecule has 2 aromatic rings. The number of likely N-dealkylation sites (tertiary alicyclic amines) is 1. The number of carbonyl (C=O) groups is 1. The molecular formula is C20H26N2O3S. The zero-order chi connectivity index (χ0) is 18.4. The van der Waals surface area contributed by atoms with Crippen LogP contribution in [0.4, 0.5) is 4.79 Å². The smallest absolute Gasteiger partial charge is 0.410 e. The lowest BCUT2D eigenvalue weighted by Gasteiger charge is -2.31. The van der Waals surface area contributed by atoms with E-state index in [2.05, 4.69) is 31.0 Å². The van der Waals surface area contributed by atoms with E-state index < -0.39 is 0 Å². The Hall–Kier alpha value is -2.08. The Bertz CT molecular complexity index is 710. The molecule has 5 nitrogen and oxygen atoms in total. The number of aryl methyl sites for hydroxylation is 2. The number of hydrogen-bond donors (Lipinski definition) is 0. The number of amides is 1. The first-order valence-corrected chi connectivity index (χ1v) is 9.99. The molecule has 0 saturated carbocycles. The van der Waals surface area contributed by atoms with Crippen LogP contribution in [-0.4, -0.2) is 35.7 Å². The van der Waals surface area contributed by atoms with Gasteiger partial charge in [-0.15, -0.1) is 11.3 Å². The minimum absolute atomic E-state index is 0.219. The second kappa shape index (κ2) is 9.03. The summed E-state index contributed by atoms with van der Waals surface area (Å²) >= 11 is 1.50. The largest absolute Gasteiger partial charge is 0.493 e. The maximum atomic E-state index is 12.1. The van der Waals surface area contributed by atoms with Crippen molar-refractivity contribution < 1.29 is 14.3 Å². The summed E-state index contributed by atoms with van der Waals surface area (Å²) in [4.78, 5) is 18.9. The summed E-state index contributed by atoms with van der Waals surface area (Å²) in [6.45, 7) is 6.73. The van der Waals surface area contributed by atoms with Crippen molar-refractivity contribution in [2.75, 3.05) is 19.7 Å². The summed E-state index contributed by atoms with van der Waals surface area (Å²) < 4.78 is 11.3. The standard InChI is InChI=1S/C20H26N2O3S/c1-15-3-4-19(16(2)11-15)24-10-7-17-5-8-22(9-6-17)20(23)25-13-18-12-21-14-26-18/h3-4,11-12,14,17H,5-10,13H2,1-2H3. The highest BCUT2D eigenvalue weighted by Gasteiger charge is 2.23. The molecule has 0 spiro atoms. The number of thiazole rings is 1. The Balaban J connectivity index is 1.35. The summed E-state index contributed by atoms with van der Waals surface area (Å²) in [5.41, 5.74) is 4.18. The monoisotopic (exact) mass is 374 g/mol. The minimum Gasteiger partial charge on any atom is -0.493 e. The van der Waals surface area contributed by atoms with Crippen molar-refractivity contribution in [1.29, 1.82) is 0 Å². The van der Waals surface area contributed by atoms with E-state index in [1.165, 1.54) is 22.5 Å². The Kier molecular flexibility index (Phi) is 6.50. The van der Waals surface area contributed by atoms with E-state index in [0.717, 1.165) is 49.6 Å². The van der Waals surface area contributed by atoms with E-state index >= 15 is 0 Å². The quantitative estimate of drug-likeness (QED) is 0.743. The molecular weight excluding hydrogens is 348 g/mol. The average Bonchev–Trinajstić information content (AvgIpc) is 3.16. The van der Waals surface area contributed by atoms with Crippen molar-refractivity contribution in [1.82, 2.24) is 9.88 Å². The molecule has 1 amide bonds. The van der Waals surface area contributed by atoms with Crippen LogP contribution in [0.5, 0.6) is 5.75 Å². The van der Waals surface area contributed by atoms with Crippen LogP contribution in [0.3, 0.4) is 0 Å². The highest BCUT2D eigenvalue weighted by Crippen LogP contribution is 2.23. The first-order chi connectivity index (χ1) is 12.6. The van der Waals surface area contributed by atoms with Crippen LogP contribution >= 0.6 is 11.3 Å². The second-order valence-electron chi connectivity index (χ2n) is 6.86. The minimum atomic E-state index is -0.219. The maximum Gasteiger partial charge on any atom is 0.410 e. The Morgan fingerprint density at radius 2 is 2.12 bits per heavy atom. The number of hydrogen-bond acceptors (Lipinski definition) is 5. The van der Waals surface area contributed by atoms with Crippen LogP contribution in [-0.2, 0) is 11.3 Å². The fourth-order valence-electron chi connectivity index (χ4n) is 3.24. The van der Waals surface area contributed by atoms with Crippen molar-refractivity contribution in [3.8, 4) is 5.75 Å². The molecule has 26 heavy (non-hydrogen) atoms. The number of ether oxygens (including phenoxy) is 2. The van der Waals surface area contributed by atoms with Crippen molar-refractivity contribution in [2.45, 2.75) is 39.7 Å². The molecule has 6 heteroatoms. The third-order valence-electron chi connectivity index (χ3n) is 4.81. The van der Waals surface area contributed by atoms with Crippen molar-refractivity contribution in [2.24, 2.45) is 5.92 Å². The summed E-state index contributed by atoms with van der Waals surface area (Å²) in [6.07, 6.45) is 4.55. The Morgan fingerprint density at radius 3 is 2.81 bits per heavy atom. The van der Waals surface area contributed by atoms with E-state index in [9.17, 15) is 4.79 Å². The average molecular weight is 375 g/mol. The maximum absolute atomic E-state index is 12.1. The fraction of sp³-hybridized carbons (Fsp3) is 0.500. The van der Waals surface area contributed by atoms with Crippen LogP contribution in [0.15, 0.2) is 29.9 Å². The molecule has 1 aromatic heterocycles. The van der Waals surface area contributed by atoms with Gasteiger partial charge in [0.2, 0.25) is 0 Å². The van der Waals surface area contributed by atoms with Gasteiger partial charge < -0.3 is 14.4 Å². The van der Waals surface area contributed by atoms with Gasteiger partial charge in [-0.05, 0) is 50.7 Å². The van der Waals surface area contributed by atoms with Crippen molar-refractivity contribution >= 4 is 17.4 Å². The molecule has 140 valence electrons. The van der Waals surface area contributed by atoms with Crippen LogP contribution < -0.4 is 4.74 Å². The molecule has 1 fully saturated rings. The molecule has 0 aliphatic carbocycles. The van der Waals surface area contributed by atoms with Gasteiger partial charge in [-0.25, -0.2) is 4.79 Å². The first-order valence-electron chi connectivity index (χ1n) is 9.11. The van der Waals surface area contributed by atoms with Crippen molar-refractivity contribution in [3.05, 3.63) is 45.9 Å². The lowest BCUT2D eigenvalue weighted by atomic mass is 9.94. The van der Waals surface area contributed by atoms with Gasteiger partial charge in [0.25, 0.3) is 0 Å². The number of benzene rings is 1. The van der Waals surface area contributed by atoms with Gasteiger partial charge in [0.05, 0.1) is 17.0 Å². The molecule has 3 rings (SSSR count). The molecule has 1 aliphatic heterocycles. The number of piperidine rings is 1. The van der Waals surface area contributed by atoms with Crippen LogP contribution in [0, 0.1) is 19.8 Å². The van der Waals surface area contributed by atoms with Gasteiger partial charge in [-0.2, -0.15) is 0 Å². The molecule has 1 aliphatic rings. The molecule has 0 unspecified atom stereocenters. The molecule has 0 N–H and O–H groups in total. The highest BCUT2D eigenvalue weighted by molar-refractivity contribution is 7.09. The van der Waals surface area contributed by atoms with Gasteiger partial charge in [-0.3, -0.25) is 4.98 Å². The molecule has 0 bridgehead atoms. The summed E-state index contributed by atoms with van der Waals surface area (Å²) in [7, 11) is 0. The lowest BCUT2D eigenvalue weighted by Crippen LogP contribution is -2.39. The van der Waals surface area contributed by atoms with Crippen LogP contribution in [0.1, 0.15) is 35.3 Å². The molecule has 0 radical (unpaired) electrons. The predicted molar refractivity (Wildman–Crippen MR) is 103 cm³/mol. The van der Waals surface area contributed by atoms with Gasteiger partial charge in [0.1, 0.15) is 12.4 Å². The molecule has 0 atom stereocenters. The zero-order valence-corrected chi connectivity index (χ0v) is 16.3. The van der Waals surface area contributed by atoms with Crippen LogP contribution in [0.2, 0.25) is 0 Å². The fourth-order valence-corrected chi connectivity index (χ4v) is 3.74. The molecule has 2 heterocycles. The van der Waals surface area contributed by atoms with Gasteiger partial charge >= 0.3 is 6.09 Å². The van der Waals surface area contributed by atoms with Gasteiger partial charge in [0, 0.05) is 19.3 Å². The zero-order valence-electron chi connectivity index (χ0n) is 15.4. The highest BCUT2D eigenvalue weighted by atomic mass is 32.1. The Labute approximate surface area is 159 Å². The Morgan fingerprint density at radius 1 is 1.31 bits per heavy atom. The first kappa shape index (κ1) is 18.7. The number of carbonyl (C=O) groups excluding carboxylic acids is 1. The third kappa shape index (κ3) is 5.21. The van der Waals surface area contributed by atoms with Crippen LogP contribution in [0.25, 0.3) is 0 Å². The van der Waals surface area contributed by atoms with Gasteiger partial charge in [-0.1, -0.05) is 17.7 Å². The molecule has 1 aromatic carbocycles. The predicted octanol–water partition coefficient (Wildman–Crippen LogP) is 4.58. The summed E-state index contributed by atoms with van der Waals surface area (Å²) in [5, 5.41) is 0. The van der Waals surface area contributed by atoms with Crippen molar-refractivity contribution in [3.63, 3.8) is 0 Å². The normalized spacial score (nSPS) is 15.1. The SMILES string of the molecule is Cc1ccc(OCCC2CCN(C(=O)OCc3cncs3)CC2)c(C)c1. The summed E-state index contributed by atoms with van der Waals surface area (Å²) in [6, 6.07) is 6.27. The van der Waals surface area contributed by atoms with Gasteiger partial charge in [0.15, 0.2) is 0 Å². The second-order valence-corrected chi connectivity index (χ2v) is 7.83. The van der Waals surface area contributed by atoms with E-state index in [1.807, 2.05) is 11.0 Å². The lowest BCUT2D eigenvalue weighted by molar-refractivity contribution is 0.0806. The molecule has 1 saturated heterocycles. The van der Waals surface area contributed by atoms with E-state index in [0.29, 0.717) is 12.5 Å². The number of aromatic nitrogens is 1.